The molecule has 0 spiro atoms. The van der Waals surface area contributed by atoms with Crippen LogP contribution in [0.3, 0.4) is 0 Å². The first-order valence-corrected chi connectivity index (χ1v) is 5.15. The highest BCUT2D eigenvalue weighted by Crippen LogP contribution is 2.18. The summed E-state index contributed by atoms with van der Waals surface area (Å²) in [6.07, 6.45) is 1.36. The lowest BCUT2D eigenvalue weighted by molar-refractivity contribution is 0.112. The molecule has 0 fully saturated rings. The Hall–Kier alpha value is -1.76. The van der Waals surface area contributed by atoms with Gasteiger partial charge in [0.15, 0.2) is 6.29 Å². The van der Waals surface area contributed by atoms with Gasteiger partial charge in [-0.3, -0.25) is 4.79 Å². The molecule has 0 saturated heterocycles. The van der Waals surface area contributed by atoms with E-state index in [2.05, 4.69) is 21.9 Å². The van der Waals surface area contributed by atoms with Crippen LogP contribution >= 0.6 is 11.3 Å². The van der Waals surface area contributed by atoms with Crippen molar-refractivity contribution in [1.29, 1.82) is 0 Å². The van der Waals surface area contributed by atoms with E-state index in [4.69, 9.17) is 5.53 Å². The lowest BCUT2D eigenvalue weighted by atomic mass is 10.2. The van der Waals surface area contributed by atoms with Gasteiger partial charge in [0.05, 0.1) is 9.75 Å². The van der Waals surface area contributed by atoms with E-state index in [0.29, 0.717) is 17.8 Å². The summed E-state index contributed by atoms with van der Waals surface area (Å²) in [6, 6.07) is 1.81. The summed E-state index contributed by atoms with van der Waals surface area (Å²) in [5.41, 5.74) is 9.05. The molecule has 1 heterocycles. The van der Waals surface area contributed by atoms with Gasteiger partial charge in [-0.25, -0.2) is 0 Å². The predicted octanol–water partition coefficient (Wildman–Crippen LogP) is 2.92. The fourth-order valence-corrected chi connectivity index (χ4v) is 1.84. The molecular formula is C10H9N3OS. The van der Waals surface area contributed by atoms with Gasteiger partial charge in [0.25, 0.3) is 0 Å². The summed E-state index contributed by atoms with van der Waals surface area (Å²) >= 11 is 1.38. The van der Waals surface area contributed by atoms with Crippen molar-refractivity contribution in [2.45, 2.75) is 13.3 Å². The number of carbonyl (C=O) groups is 1. The number of rotatable bonds is 3. The first-order chi connectivity index (χ1) is 7.27. The van der Waals surface area contributed by atoms with Crippen LogP contribution in [0, 0.1) is 18.8 Å². The van der Waals surface area contributed by atoms with Gasteiger partial charge < -0.3 is 0 Å². The molecule has 15 heavy (non-hydrogen) atoms. The number of carbonyl (C=O) groups excluding carboxylic acids is 1. The topological polar surface area (TPSA) is 65.8 Å². The van der Waals surface area contributed by atoms with Crippen LogP contribution in [0.25, 0.3) is 10.4 Å². The second kappa shape index (κ2) is 5.86. The van der Waals surface area contributed by atoms with Gasteiger partial charge in [-0.15, -0.1) is 11.3 Å². The summed E-state index contributed by atoms with van der Waals surface area (Å²) in [5.74, 6) is 5.85. The lowest BCUT2D eigenvalue weighted by Crippen LogP contribution is -1.74. The second-order valence-corrected chi connectivity index (χ2v) is 3.87. The standard InChI is InChI=1S/C10H9N3OS/c1-8-6-9(7-14)15-10(8)4-2-3-5-12-13-11/h6-7H,3,5H2,1H3. The first kappa shape index (κ1) is 11.3. The van der Waals surface area contributed by atoms with Crippen molar-refractivity contribution in [1.82, 2.24) is 0 Å². The Kier molecular flexibility index (Phi) is 4.42. The number of hydrogen-bond donors (Lipinski definition) is 0. The lowest BCUT2D eigenvalue weighted by Gasteiger charge is -1.83. The normalized spacial score (nSPS) is 8.60. The smallest absolute Gasteiger partial charge is 0.160 e. The summed E-state index contributed by atoms with van der Waals surface area (Å²) in [7, 11) is 0. The third kappa shape index (κ3) is 3.47. The van der Waals surface area contributed by atoms with Crippen LogP contribution in [0.4, 0.5) is 0 Å². The predicted molar refractivity (Wildman–Crippen MR) is 60.0 cm³/mol. The van der Waals surface area contributed by atoms with E-state index in [1.165, 1.54) is 11.3 Å². The van der Waals surface area contributed by atoms with Crippen molar-refractivity contribution >= 4 is 17.6 Å². The molecule has 1 aromatic rings. The quantitative estimate of drug-likeness (QED) is 0.192. The van der Waals surface area contributed by atoms with Gasteiger partial charge in [0.1, 0.15) is 0 Å². The third-order valence-electron chi connectivity index (χ3n) is 1.65. The molecule has 0 aliphatic heterocycles. The fraction of sp³-hybridized carbons (Fsp3) is 0.300. The molecule has 0 N–H and O–H groups in total. The SMILES string of the molecule is Cc1cc(C=O)sc1C#CCCN=[N+]=[N-]. The first-order valence-electron chi connectivity index (χ1n) is 4.33. The molecule has 0 saturated carbocycles. The molecule has 0 atom stereocenters. The summed E-state index contributed by atoms with van der Waals surface area (Å²) in [6.45, 7) is 2.30. The zero-order valence-electron chi connectivity index (χ0n) is 8.23. The average molecular weight is 219 g/mol. The minimum Gasteiger partial charge on any atom is -0.297 e. The number of hydrogen-bond acceptors (Lipinski definition) is 3. The maximum Gasteiger partial charge on any atom is 0.160 e. The molecule has 4 nitrogen and oxygen atoms in total. The summed E-state index contributed by atoms with van der Waals surface area (Å²) in [5, 5.41) is 3.37. The summed E-state index contributed by atoms with van der Waals surface area (Å²) in [4.78, 5) is 14.7. The highest BCUT2D eigenvalue weighted by molar-refractivity contribution is 7.14. The van der Waals surface area contributed by atoms with Gasteiger partial charge >= 0.3 is 0 Å². The van der Waals surface area contributed by atoms with Gasteiger partial charge in [0.2, 0.25) is 0 Å². The molecule has 5 heteroatoms. The Morgan fingerprint density at radius 2 is 2.53 bits per heavy atom. The van der Waals surface area contributed by atoms with Crippen LogP contribution in [-0.2, 0) is 0 Å². The zero-order chi connectivity index (χ0) is 11.1. The molecule has 0 aromatic carbocycles. The van der Waals surface area contributed by atoms with Gasteiger partial charge in [-0.2, -0.15) is 0 Å². The molecule has 0 aliphatic rings. The van der Waals surface area contributed by atoms with E-state index in [0.717, 1.165) is 16.7 Å². The molecule has 0 aliphatic carbocycles. The molecule has 1 aromatic heterocycles. The van der Waals surface area contributed by atoms with E-state index in [1.807, 2.05) is 13.0 Å². The highest BCUT2D eigenvalue weighted by Gasteiger charge is 2.00. The third-order valence-corrected chi connectivity index (χ3v) is 2.73. The van der Waals surface area contributed by atoms with Crippen molar-refractivity contribution < 1.29 is 4.79 Å². The Bertz CT molecular complexity index is 461. The van der Waals surface area contributed by atoms with Crippen LogP contribution in [0.15, 0.2) is 11.2 Å². The van der Waals surface area contributed by atoms with Crippen LogP contribution in [0.5, 0.6) is 0 Å². The van der Waals surface area contributed by atoms with E-state index in [1.54, 1.807) is 0 Å². The monoisotopic (exact) mass is 219 g/mol. The van der Waals surface area contributed by atoms with Gasteiger partial charge in [-0.05, 0) is 24.1 Å². The van der Waals surface area contributed by atoms with Crippen molar-refractivity contribution in [3.63, 3.8) is 0 Å². The number of thiophene rings is 1. The van der Waals surface area contributed by atoms with Crippen LogP contribution in [0.1, 0.15) is 26.5 Å². The minimum absolute atomic E-state index is 0.383. The number of aryl methyl sites for hydroxylation is 1. The van der Waals surface area contributed by atoms with E-state index < -0.39 is 0 Å². The van der Waals surface area contributed by atoms with Crippen LogP contribution < -0.4 is 0 Å². The molecule has 0 bridgehead atoms. The van der Waals surface area contributed by atoms with Crippen LogP contribution in [-0.4, -0.2) is 12.8 Å². The Morgan fingerprint density at radius 3 is 3.13 bits per heavy atom. The Morgan fingerprint density at radius 1 is 1.73 bits per heavy atom. The largest absolute Gasteiger partial charge is 0.297 e. The maximum absolute atomic E-state index is 10.5. The summed E-state index contributed by atoms with van der Waals surface area (Å²) < 4.78 is 0. The van der Waals surface area contributed by atoms with Gasteiger partial charge in [0, 0.05) is 17.9 Å². The van der Waals surface area contributed by atoms with E-state index >= 15 is 0 Å². The van der Waals surface area contributed by atoms with Gasteiger partial charge in [-0.1, -0.05) is 17.0 Å². The van der Waals surface area contributed by atoms with Crippen LogP contribution in [0.2, 0.25) is 0 Å². The number of azide groups is 1. The molecule has 1 rings (SSSR count). The Balaban J connectivity index is 2.66. The average Bonchev–Trinajstić information content (AvgIpc) is 2.59. The fourth-order valence-electron chi connectivity index (χ4n) is 0.982. The number of aldehydes is 1. The number of nitrogens with zero attached hydrogens (tertiary/aromatic N) is 3. The van der Waals surface area contributed by atoms with Crippen molar-refractivity contribution in [3.8, 4) is 11.8 Å². The van der Waals surface area contributed by atoms with E-state index in [-0.39, 0.29) is 0 Å². The van der Waals surface area contributed by atoms with Crippen molar-refractivity contribution in [2.75, 3.05) is 6.54 Å². The molecule has 0 amide bonds. The zero-order valence-corrected chi connectivity index (χ0v) is 9.04. The van der Waals surface area contributed by atoms with Crippen molar-refractivity contribution in [2.24, 2.45) is 5.11 Å². The van der Waals surface area contributed by atoms with Crippen molar-refractivity contribution in [3.05, 3.63) is 31.8 Å². The molecule has 0 unspecified atom stereocenters. The maximum atomic E-state index is 10.5. The highest BCUT2D eigenvalue weighted by atomic mass is 32.1. The minimum atomic E-state index is 0.383. The second-order valence-electron chi connectivity index (χ2n) is 2.79. The Labute approximate surface area is 91.6 Å². The van der Waals surface area contributed by atoms with E-state index in [9.17, 15) is 4.79 Å². The molecule has 76 valence electrons. The molecule has 0 radical (unpaired) electrons. The molecular weight excluding hydrogens is 210 g/mol.